The third-order valence-corrected chi connectivity index (χ3v) is 2.19. The number of nitrogens with zero attached hydrogens (tertiary/aromatic N) is 1. The first-order valence-corrected chi connectivity index (χ1v) is 4.68. The summed E-state index contributed by atoms with van der Waals surface area (Å²) in [6.45, 7) is 12.1. The second-order valence-corrected chi connectivity index (χ2v) is 4.75. The third kappa shape index (κ3) is 1.77. The molecule has 0 N–H and O–H groups in total. The van der Waals surface area contributed by atoms with Crippen LogP contribution in [-0.4, -0.2) is 12.3 Å². The lowest BCUT2D eigenvalue weighted by Crippen LogP contribution is -2.19. The summed E-state index contributed by atoms with van der Waals surface area (Å²) in [7, 11) is 0. The average Bonchev–Trinajstić information content (AvgIpc) is 2.30. The lowest BCUT2D eigenvalue weighted by atomic mass is 9.81. The summed E-state index contributed by atoms with van der Waals surface area (Å²) in [5, 5.41) is 0. The van der Waals surface area contributed by atoms with Crippen molar-refractivity contribution >= 4 is 5.71 Å². The maximum absolute atomic E-state index is 4.51. The zero-order chi connectivity index (χ0) is 9.35. The van der Waals surface area contributed by atoms with Crippen LogP contribution >= 0.6 is 0 Å². The highest BCUT2D eigenvalue weighted by atomic mass is 14.8. The maximum Gasteiger partial charge on any atom is 0.0580 e. The zero-order valence-corrected chi connectivity index (χ0v) is 8.81. The lowest BCUT2D eigenvalue weighted by Gasteiger charge is -2.23. The highest BCUT2D eigenvalue weighted by Gasteiger charge is 2.25. The molecule has 1 nitrogen and oxygen atoms in total. The van der Waals surface area contributed by atoms with Crippen molar-refractivity contribution in [3.05, 3.63) is 11.6 Å². The molecule has 0 aromatic rings. The molecule has 0 saturated carbocycles. The minimum atomic E-state index is 0.263. The van der Waals surface area contributed by atoms with Gasteiger partial charge in [0.15, 0.2) is 0 Å². The van der Waals surface area contributed by atoms with E-state index in [0.717, 1.165) is 6.54 Å². The standard InChI is InChI=1S/C11H19N/c1-8(2)10-9(6-7-12-10)11(3,4)5/h6,8H,7H2,1-5H3. The van der Waals surface area contributed by atoms with Crippen molar-refractivity contribution in [3.63, 3.8) is 0 Å². The van der Waals surface area contributed by atoms with E-state index in [9.17, 15) is 0 Å². The molecule has 0 radical (unpaired) electrons. The quantitative estimate of drug-likeness (QED) is 0.566. The van der Waals surface area contributed by atoms with Gasteiger partial charge in [-0.2, -0.15) is 0 Å². The summed E-state index contributed by atoms with van der Waals surface area (Å²) in [6.07, 6.45) is 2.26. The van der Waals surface area contributed by atoms with Gasteiger partial charge in [-0.15, -0.1) is 0 Å². The number of hydrogen-bond acceptors (Lipinski definition) is 1. The molecule has 0 bridgehead atoms. The highest BCUT2D eigenvalue weighted by molar-refractivity contribution is 6.03. The second-order valence-electron chi connectivity index (χ2n) is 4.75. The topological polar surface area (TPSA) is 12.4 Å². The lowest BCUT2D eigenvalue weighted by molar-refractivity contribution is 0.521. The average molecular weight is 165 g/mol. The first kappa shape index (κ1) is 9.50. The number of aliphatic imine (C=N–C) groups is 1. The van der Waals surface area contributed by atoms with Crippen LogP contribution in [0.1, 0.15) is 34.6 Å². The predicted molar refractivity (Wildman–Crippen MR) is 54.7 cm³/mol. The van der Waals surface area contributed by atoms with E-state index in [0.29, 0.717) is 5.92 Å². The molecular weight excluding hydrogens is 146 g/mol. The van der Waals surface area contributed by atoms with Gasteiger partial charge in [0, 0.05) is 5.71 Å². The highest BCUT2D eigenvalue weighted by Crippen LogP contribution is 2.31. The molecule has 0 unspecified atom stereocenters. The maximum atomic E-state index is 4.51. The molecule has 1 rings (SSSR count). The van der Waals surface area contributed by atoms with Gasteiger partial charge >= 0.3 is 0 Å². The Bertz CT molecular complexity index is 226. The van der Waals surface area contributed by atoms with Gasteiger partial charge < -0.3 is 0 Å². The van der Waals surface area contributed by atoms with Crippen molar-refractivity contribution in [1.29, 1.82) is 0 Å². The van der Waals surface area contributed by atoms with E-state index in [1.165, 1.54) is 11.3 Å². The van der Waals surface area contributed by atoms with Gasteiger partial charge in [-0.3, -0.25) is 4.99 Å². The molecule has 0 saturated heterocycles. The monoisotopic (exact) mass is 165 g/mol. The fourth-order valence-electron chi connectivity index (χ4n) is 1.61. The van der Waals surface area contributed by atoms with Crippen LogP contribution in [0.4, 0.5) is 0 Å². The molecule has 12 heavy (non-hydrogen) atoms. The molecule has 1 heterocycles. The van der Waals surface area contributed by atoms with E-state index in [4.69, 9.17) is 0 Å². The zero-order valence-electron chi connectivity index (χ0n) is 8.81. The minimum absolute atomic E-state index is 0.263. The van der Waals surface area contributed by atoms with Crippen LogP contribution in [0.3, 0.4) is 0 Å². The molecule has 1 aliphatic rings. The Labute approximate surface area is 75.6 Å². The van der Waals surface area contributed by atoms with Gasteiger partial charge in [0.2, 0.25) is 0 Å². The molecule has 1 aliphatic heterocycles. The van der Waals surface area contributed by atoms with Crippen molar-refractivity contribution in [2.24, 2.45) is 16.3 Å². The Morgan fingerprint density at radius 2 is 1.92 bits per heavy atom. The summed E-state index contributed by atoms with van der Waals surface area (Å²) in [5.74, 6) is 0.568. The van der Waals surface area contributed by atoms with Gasteiger partial charge in [0.25, 0.3) is 0 Å². The smallest absolute Gasteiger partial charge is 0.0580 e. The summed E-state index contributed by atoms with van der Waals surface area (Å²) in [6, 6.07) is 0. The normalized spacial score (nSPS) is 18.2. The van der Waals surface area contributed by atoms with Crippen LogP contribution in [-0.2, 0) is 0 Å². The van der Waals surface area contributed by atoms with Crippen LogP contribution in [0.2, 0.25) is 0 Å². The van der Waals surface area contributed by atoms with E-state index in [1.807, 2.05) is 0 Å². The molecule has 0 spiro atoms. The third-order valence-electron chi connectivity index (χ3n) is 2.19. The first-order valence-electron chi connectivity index (χ1n) is 4.68. The van der Waals surface area contributed by atoms with Gasteiger partial charge in [0.1, 0.15) is 0 Å². The number of rotatable bonds is 1. The van der Waals surface area contributed by atoms with Crippen LogP contribution in [0.25, 0.3) is 0 Å². The summed E-state index contributed by atoms with van der Waals surface area (Å²) in [4.78, 5) is 4.51. The summed E-state index contributed by atoms with van der Waals surface area (Å²) < 4.78 is 0. The molecule has 1 heteroatoms. The molecule has 0 aliphatic carbocycles. The molecule has 0 aromatic heterocycles. The van der Waals surface area contributed by atoms with Gasteiger partial charge in [-0.1, -0.05) is 40.7 Å². The summed E-state index contributed by atoms with van der Waals surface area (Å²) >= 11 is 0. The fraction of sp³-hybridized carbons (Fsp3) is 0.727. The molecular formula is C11H19N. The predicted octanol–water partition coefficient (Wildman–Crippen LogP) is 3.07. The van der Waals surface area contributed by atoms with Crippen LogP contribution < -0.4 is 0 Å². The largest absolute Gasteiger partial charge is 0.285 e. The molecule has 0 fully saturated rings. The molecule has 68 valence electrons. The molecule has 0 aromatic carbocycles. The van der Waals surface area contributed by atoms with Crippen molar-refractivity contribution in [2.45, 2.75) is 34.6 Å². The van der Waals surface area contributed by atoms with E-state index < -0.39 is 0 Å². The summed E-state index contributed by atoms with van der Waals surface area (Å²) in [5.41, 5.74) is 3.01. The SMILES string of the molecule is CC(C)C1=NCC=C1C(C)(C)C. The van der Waals surface area contributed by atoms with Crippen LogP contribution in [0, 0.1) is 11.3 Å². The van der Waals surface area contributed by atoms with Gasteiger partial charge in [-0.05, 0) is 16.9 Å². The number of allylic oxidation sites excluding steroid dienone is 1. The number of hydrogen-bond donors (Lipinski definition) is 0. The molecule has 0 amide bonds. The van der Waals surface area contributed by atoms with Crippen LogP contribution in [0.15, 0.2) is 16.6 Å². The Hall–Kier alpha value is -0.590. The van der Waals surface area contributed by atoms with Gasteiger partial charge in [-0.25, -0.2) is 0 Å². The second kappa shape index (κ2) is 3.04. The van der Waals surface area contributed by atoms with E-state index in [2.05, 4.69) is 45.7 Å². The van der Waals surface area contributed by atoms with Crippen molar-refractivity contribution < 1.29 is 0 Å². The van der Waals surface area contributed by atoms with E-state index in [-0.39, 0.29) is 5.41 Å². The van der Waals surface area contributed by atoms with E-state index in [1.54, 1.807) is 0 Å². The molecule has 0 atom stereocenters. The minimum Gasteiger partial charge on any atom is -0.285 e. The fourth-order valence-corrected chi connectivity index (χ4v) is 1.61. The Morgan fingerprint density at radius 1 is 1.33 bits per heavy atom. The van der Waals surface area contributed by atoms with Crippen molar-refractivity contribution in [3.8, 4) is 0 Å². The Balaban J connectivity index is 2.88. The van der Waals surface area contributed by atoms with Crippen LogP contribution in [0.5, 0.6) is 0 Å². The van der Waals surface area contributed by atoms with Gasteiger partial charge in [0.05, 0.1) is 6.54 Å². The Kier molecular flexibility index (Phi) is 2.41. The Morgan fingerprint density at radius 3 is 2.25 bits per heavy atom. The van der Waals surface area contributed by atoms with Crippen molar-refractivity contribution in [1.82, 2.24) is 0 Å². The first-order chi connectivity index (χ1) is 5.43. The van der Waals surface area contributed by atoms with E-state index >= 15 is 0 Å². The van der Waals surface area contributed by atoms with Crippen molar-refractivity contribution in [2.75, 3.05) is 6.54 Å².